The number of benzene rings is 1. The van der Waals surface area contributed by atoms with Gasteiger partial charge in [-0.3, -0.25) is 9.69 Å². The number of rotatable bonds is 5. The van der Waals surface area contributed by atoms with Gasteiger partial charge in [-0.25, -0.2) is 4.79 Å². The molecule has 2 aliphatic rings. The van der Waals surface area contributed by atoms with Gasteiger partial charge in [-0.15, -0.1) is 0 Å². The number of anilines is 1. The largest absolute Gasteiger partial charge is 0.423 e. The molecule has 0 saturated carbocycles. The molecule has 0 atom stereocenters. The zero-order valence-corrected chi connectivity index (χ0v) is 13.0. The molecular weight excluding hydrogens is 298 g/mol. The average molecular weight is 319 g/mol. The Balaban J connectivity index is 1.49. The Labute approximate surface area is 135 Å². The predicted molar refractivity (Wildman–Crippen MR) is 84.6 cm³/mol. The molecule has 1 N–H and O–H groups in total. The second-order valence-electron chi connectivity index (χ2n) is 5.60. The number of hydrogen-bond donors (Lipinski definition) is 1. The van der Waals surface area contributed by atoms with Crippen molar-refractivity contribution in [2.45, 2.75) is 0 Å². The number of carbonyl (C=O) groups excluding carboxylic acids is 2. The summed E-state index contributed by atoms with van der Waals surface area (Å²) in [7, 11) is 0. The summed E-state index contributed by atoms with van der Waals surface area (Å²) in [5.41, 5.74) is 0.774. The third-order valence-electron chi connectivity index (χ3n) is 3.94. The van der Waals surface area contributed by atoms with Crippen LogP contribution in [0.1, 0.15) is 0 Å². The van der Waals surface area contributed by atoms with E-state index in [1.807, 2.05) is 12.1 Å². The number of ether oxygens (including phenoxy) is 2. The van der Waals surface area contributed by atoms with Crippen LogP contribution in [-0.4, -0.2) is 69.3 Å². The highest BCUT2D eigenvalue weighted by Crippen LogP contribution is 2.30. The second kappa shape index (κ2) is 7.43. The molecule has 7 heteroatoms. The Kier molecular flexibility index (Phi) is 5.09. The number of amides is 1. The maximum atomic E-state index is 12.1. The van der Waals surface area contributed by atoms with Crippen molar-refractivity contribution >= 4 is 17.6 Å². The molecule has 0 radical (unpaired) electrons. The summed E-state index contributed by atoms with van der Waals surface area (Å²) in [6.45, 7) is 4.96. The highest BCUT2D eigenvalue weighted by atomic mass is 16.5. The lowest BCUT2D eigenvalue weighted by Crippen LogP contribution is -2.46. The van der Waals surface area contributed by atoms with E-state index in [-0.39, 0.29) is 25.0 Å². The molecule has 1 fully saturated rings. The van der Waals surface area contributed by atoms with Crippen molar-refractivity contribution in [2.24, 2.45) is 0 Å². The predicted octanol–water partition coefficient (Wildman–Crippen LogP) is -0.140. The third-order valence-corrected chi connectivity index (χ3v) is 3.94. The Bertz CT molecular complexity index is 572. The van der Waals surface area contributed by atoms with E-state index in [1.54, 1.807) is 17.0 Å². The number of para-hydroxylation sites is 2. The normalized spacial score (nSPS) is 18.3. The monoisotopic (exact) mass is 319 g/mol. The average Bonchev–Trinajstić information content (AvgIpc) is 2.55. The quantitative estimate of drug-likeness (QED) is 0.602. The number of nitrogens with zero attached hydrogens (tertiary/aromatic N) is 2. The SMILES string of the molecule is O=C(CN1CC(=O)Oc2ccccc21)NCCN1CCOCC1. The molecule has 0 aromatic heterocycles. The number of esters is 1. The van der Waals surface area contributed by atoms with Crippen molar-refractivity contribution in [1.82, 2.24) is 10.2 Å². The van der Waals surface area contributed by atoms with Crippen molar-refractivity contribution in [2.75, 3.05) is 57.4 Å². The van der Waals surface area contributed by atoms with Crippen LogP contribution in [0.3, 0.4) is 0 Å². The number of fused-ring (bicyclic) bond motifs is 1. The van der Waals surface area contributed by atoms with E-state index in [9.17, 15) is 9.59 Å². The first-order valence-corrected chi connectivity index (χ1v) is 7.84. The molecule has 0 spiro atoms. The molecule has 1 saturated heterocycles. The maximum Gasteiger partial charge on any atom is 0.331 e. The first kappa shape index (κ1) is 15.8. The van der Waals surface area contributed by atoms with Crippen LogP contribution in [0.25, 0.3) is 0 Å². The zero-order chi connectivity index (χ0) is 16.1. The van der Waals surface area contributed by atoms with Gasteiger partial charge in [0.15, 0.2) is 5.75 Å². The van der Waals surface area contributed by atoms with Gasteiger partial charge in [0.05, 0.1) is 25.4 Å². The van der Waals surface area contributed by atoms with E-state index < -0.39 is 0 Å². The molecule has 0 bridgehead atoms. The summed E-state index contributed by atoms with van der Waals surface area (Å²) >= 11 is 0. The van der Waals surface area contributed by atoms with Gasteiger partial charge in [-0.05, 0) is 12.1 Å². The highest BCUT2D eigenvalue weighted by Gasteiger charge is 2.25. The van der Waals surface area contributed by atoms with Crippen LogP contribution in [0.4, 0.5) is 5.69 Å². The van der Waals surface area contributed by atoms with Crippen LogP contribution < -0.4 is 15.0 Å². The Morgan fingerprint density at radius 1 is 1.22 bits per heavy atom. The first-order valence-electron chi connectivity index (χ1n) is 7.84. The van der Waals surface area contributed by atoms with Crippen LogP contribution in [0.15, 0.2) is 24.3 Å². The molecule has 7 nitrogen and oxygen atoms in total. The molecule has 23 heavy (non-hydrogen) atoms. The van der Waals surface area contributed by atoms with E-state index in [2.05, 4.69) is 10.2 Å². The van der Waals surface area contributed by atoms with Gasteiger partial charge in [0.2, 0.25) is 5.91 Å². The molecule has 0 aliphatic carbocycles. The van der Waals surface area contributed by atoms with Crippen molar-refractivity contribution in [3.05, 3.63) is 24.3 Å². The van der Waals surface area contributed by atoms with Crippen molar-refractivity contribution in [3.63, 3.8) is 0 Å². The van der Waals surface area contributed by atoms with Crippen LogP contribution in [-0.2, 0) is 14.3 Å². The van der Waals surface area contributed by atoms with Gasteiger partial charge < -0.3 is 19.7 Å². The molecule has 124 valence electrons. The first-order chi connectivity index (χ1) is 11.2. The fraction of sp³-hybridized carbons (Fsp3) is 0.500. The van der Waals surface area contributed by atoms with E-state index in [1.165, 1.54) is 0 Å². The minimum absolute atomic E-state index is 0.0912. The van der Waals surface area contributed by atoms with E-state index in [0.29, 0.717) is 12.3 Å². The van der Waals surface area contributed by atoms with Crippen LogP contribution >= 0.6 is 0 Å². The topological polar surface area (TPSA) is 71.1 Å². The van der Waals surface area contributed by atoms with Crippen molar-refractivity contribution < 1.29 is 19.1 Å². The summed E-state index contributed by atoms with van der Waals surface area (Å²) in [5.74, 6) is 0.0671. The molecule has 2 aliphatic heterocycles. The Morgan fingerprint density at radius 2 is 2.00 bits per heavy atom. The van der Waals surface area contributed by atoms with Gasteiger partial charge in [-0.1, -0.05) is 12.1 Å². The summed E-state index contributed by atoms with van der Waals surface area (Å²) in [6.07, 6.45) is 0. The smallest absolute Gasteiger partial charge is 0.331 e. The molecule has 0 unspecified atom stereocenters. The fourth-order valence-electron chi connectivity index (χ4n) is 2.75. The minimum atomic E-state index is -0.343. The fourth-order valence-corrected chi connectivity index (χ4v) is 2.75. The molecular formula is C16H21N3O4. The molecule has 1 amide bonds. The number of morpholine rings is 1. The van der Waals surface area contributed by atoms with Gasteiger partial charge in [0, 0.05) is 26.2 Å². The maximum absolute atomic E-state index is 12.1. The second-order valence-corrected chi connectivity index (χ2v) is 5.60. The van der Waals surface area contributed by atoms with E-state index in [0.717, 1.165) is 38.5 Å². The van der Waals surface area contributed by atoms with Crippen LogP contribution in [0, 0.1) is 0 Å². The third kappa shape index (κ3) is 4.20. The Hall–Kier alpha value is -2.12. The minimum Gasteiger partial charge on any atom is -0.423 e. The highest BCUT2D eigenvalue weighted by molar-refractivity contribution is 5.89. The summed E-state index contributed by atoms with van der Waals surface area (Å²) < 4.78 is 10.5. The van der Waals surface area contributed by atoms with Crippen molar-refractivity contribution in [3.8, 4) is 5.75 Å². The summed E-state index contributed by atoms with van der Waals surface area (Å²) in [4.78, 5) is 27.7. The number of carbonyl (C=O) groups is 2. The molecule has 1 aromatic rings. The summed E-state index contributed by atoms with van der Waals surface area (Å²) in [6, 6.07) is 7.25. The van der Waals surface area contributed by atoms with Gasteiger partial charge >= 0.3 is 5.97 Å². The summed E-state index contributed by atoms with van der Waals surface area (Å²) in [5, 5.41) is 2.91. The lowest BCUT2D eigenvalue weighted by Gasteiger charge is -2.29. The standard InChI is InChI=1S/C16H21N3O4/c20-15(17-5-6-18-7-9-22-10-8-18)11-19-12-16(21)23-14-4-2-1-3-13(14)19/h1-4H,5-12H2,(H,17,20). The number of nitrogens with one attached hydrogen (secondary N) is 1. The molecule has 3 rings (SSSR count). The zero-order valence-electron chi connectivity index (χ0n) is 13.0. The van der Waals surface area contributed by atoms with Crippen LogP contribution in [0.5, 0.6) is 5.75 Å². The van der Waals surface area contributed by atoms with Gasteiger partial charge in [0.1, 0.15) is 6.54 Å². The lowest BCUT2D eigenvalue weighted by molar-refractivity contribution is -0.133. The molecule has 2 heterocycles. The van der Waals surface area contributed by atoms with Gasteiger partial charge in [-0.2, -0.15) is 0 Å². The van der Waals surface area contributed by atoms with Gasteiger partial charge in [0.25, 0.3) is 0 Å². The Morgan fingerprint density at radius 3 is 2.83 bits per heavy atom. The van der Waals surface area contributed by atoms with Crippen molar-refractivity contribution in [1.29, 1.82) is 0 Å². The van der Waals surface area contributed by atoms with Crippen LogP contribution in [0.2, 0.25) is 0 Å². The van der Waals surface area contributed by atoms with E-state index in [4.69, 9.17) is 9.47 Å². The molecule has 1 aromatic carbocycles. The van der Waals surface area contributed by atoms with E-state index >= 15 is 0 Å². The lowest BCUT2D eigenvalue weighted by atomic mass is 10.2. The number of hydrogen-bond acceptors (Lipinski definition) is 6.